The monoisotopic (exact) mass is 506 g/mol. The van der Waals surface area contributed by atoms with E-state index in [1.165, 1.54) is 0 Å². The van der Waals surface area contributed by atoms with Crippen LogP contribution in [0.4, 0.5) is 16.3 Å². The lowest BCUT2D eigenvalue weighted by atomic mass is 9.94. The number of morpholine rings is 1. The van der Waals surface area contributed by atoms with Crippen molar-refractivity contribution in [2.24, 2.45) is 0 Å². The Morgan fingerprint density at radius 1 is 0.972 bits per heavy atom. The van der Waals surface area contributed by atoms with Crippen LogP contribution in [0.1, 0.15) is 18.5 Å². The summed E-state index contributed by atoms with van der Waals surface area (Å²) >= 11 is 1.84. The van der Waals surface area contributed by atoms with Crippen LogP contribution in [0.15, 0.2) is 60.7 Å². The number of carbonyl (C=O) groups excluding carboxylic acids is 1. The van der Waals surface area contributed by atoms with Gasteiger partial charge in [0.15, 0.2) is 5.82 Å². The van der Waals surface area contributed by atoms with E-state index in [-0.39, 0.29) is 4.75 Å². The largest absolute Gasteiger partial charge is 0.417 e. The number of hydrogen-bond acceptors (Lipinski definition) is 8. The molecule has 0 saturated carbocycles. The van der Waals surface area contributed by atoms with E-state index in [2.05, 4.69) is 22.5 Å². The average Bonchev–Trinajstić information content (AvgIpc) is 2.94. The SMILES string of the molecule is CSC1(c2cc(N3CCOCC3)nc(-c3ccc(NC(=O)Oc4ccccc4)cc3)n2)CCOCC1. The zero-order valence-corrected chi connectivity index (χ0v) is 21.1. The van der Waals surface area contributed by atoms with Crippen LogP contribution in [0.2, 0.25) is 0 Å². The number of amides is 1. The second-order valence-corrected chi connectivity index (χ2v) is 9.94. The molecule has 2 saturated heterocycles. The van der Waals surface area contributed by atoms with Crippen LogP contribution in [-0.4, -0.2) is 61.8 Å². The summed E-state index contributed by atoms with van der Waals surface area (Å²) in [4.78, 5) is 24.5. The highest BCUT2D eigenvalue weighted by atomic mass is 32.2. The maximum absolute atomic E-state index is 12.3. The van der Waals surface area contributed by atoms with Gasteiger partial charge in [-0.1, -0.05) is 18.2 Å². The number of thioether (sulfide) groups is 1. The van der Waals surface area contributed by atoms with Crippen molar-refractivity contribution in [2.75, 3.05) is 56.0 Å². The highest BCUT2D eigenvalue weighted by Crippen LogP contribution is 2.44. The molecule has 0 unspecified atom stereocenters. The number of aromatic nitrogens is 2. The summed E-state index contributed by atoms with van der Waals surface area (Å²) in [7, 11) is 0. The van der Waals surface area contributed by atoms with E-state index in [1.807, 2.05) is 54.2 Å². The van der Waals surface area contributed by atoms with Gasteiger partial charge in [-0.05, 0) is 55.5 Å². The molecule has 188 valence electrons. The first-order valence-corrected chi connectivity index (χ1v) is 13.4. The molecule has 9 heteroatoms. The van der Waals surface area contributed by atoms with E-state index >= 15 is 0 Å². The lowest BCUT2D eigenvalue weighted by molar-refractivity contribution is 0.0760. The van der Waals surface area contributed by atoms with Crippen molar-refractivity contribution in [3.8, 4) is 17.1 Å². The minimum atomic E-state index is -0.539. The number of ether oxygens (including phenoxy) is 3. The van der Waals surface area contributed by atoms with Crippen LogP contribution in [0, 0.1) is 0 Å². The molecule has 1 amide bonds. The molecular formula is C27H30N4O4S. The Labute approximate surface area is 215 Å². The van der Waals surface area contributed by atoms with Gasteiger partial charge in [0.2, 0.25) is 0 Å². The Bertz CT molecular complexity index is 1160. The lowest BCUT2D eigenvalue weighted by Crippen LogP contribution is -2.37. The molecule has 2 aliphatic rings. The first kappa shape index (κ1) is 24.5. The van der Waals surface area contributed by atoms with E-state index < -0.39 is 6.09 Å². The molecule has 2 fully saturated rings. The molecule has 3 heterocycles. The van der Waals surface area contributed by atoms with Crippen molar-refractivity contribution < 1.29 is 19.0 Å². The summed E-state index contributed by atoms with van der Waals surface area (Å²) < 4.78 is 16.4. The number of para-hydroxylation sites is 1. The summed E-state index contributed by atoms with van der Waals surface area (Å²) in [6, 6.07) is 18.6. The highest BCUT2D eigenvalue weighted by Gasteiger charge is 2.36. The van der Waals surface area contributed by atoms with Gasteiger partial charge < -0.3 is 19.1 Å². The van der Waals surface area contributed by atoms with Crippen molar-refractivity contribution in [3.63, 3.8) is 0 Å². The van der Waals surface area contributed by atoms with Gasteiger partial charge in [0.05, 0.1) is 23.7 Å². The fourth-order valence-electron chi connectivity index (χ4n) is 4.46. The van der Waals surface area contributed by atoms with Crippen molar-refractivity contribution in [1.82, 2.24) is 9.97 Å². The van der Waals surface area contributed by atoms with Gasteiger partial charge in [0.1, 0.15) is 11.6 Å². The smallest absolute Gasteiger partial charge is 0.410 e. The Balaban J connectivity index is 1.40. The Hall–Kier alpha value is -3.14. The lowest BCUT2D eigenvalue weighted by Gasteiger charge is -2.36. The molecule has 0 bridgehead atoms. The molecule has 8 nitrogen and oxygen atoms in total. The average molecular weight is 507 g/mol. The van der Waals surface area contributed by atoms with Gasteiger partial charge in [0, 0.05) is 43.6 Å². The van der Waals surface area contributed by atoms with Crippen LogP contribution in [-0.2, 0) is 14.2 Å². The number of carbonyl (C=O) groups is 1. The minimum absolute atomic E-state index is 0.0976. The van der Waals surface area contributed by atoms with Crippen molar-refractivity contribution in [2.45, 2.75) is 17.6 Å². The quantitative estimate of drug-likeness (QED) is 0.502. The first-order valence-electron chi connectivity index (χ1n) is 12.1. The molecule has 0 radical (unpaired) electrons. The summed E-state index contributed by atoms with van der Waals surface area (Å²) in [5.74, 6) is 2.09. The van der Waals surface area contributed by atoms with Gasteiger partial charge in [0.25, 0.3) is 0 Å². The van der Waals surface area contributed by atoms with Crippen molar-refractivity contribution in [3.05, 3.63) is 66.4 Å². The number of nitrogens with one attached hydrogen (secondary N) is 1. The molecule has 36 heavy (non-hydrogen) atoms. The first-order chi connectivity index (χ1) is 17.6. The van der Waals surface area contributed by atoms with E-state index in [0.29, 0.717) is 30.5 Å². The fourth-order valence-corrected chi connectivity index (χ4v) is 5.35. The number of nitrogens with zero attached hydrogens (tertiary/aromatic N) is 3. The zero-order chi connectivity index (χ0) is 24.8. The van der Waals surface area contributed by atoms with Gasteiger partial charge in [-0.3, -0.25) is 5.32 Å². The second kappa shape index (κ2) is 11.3. The van der Waals surface area contributed by atoms with E-state index in [1.54, 1.807) is 12.1 Å². The molecule has 0 aliphatic carbocycles. The van der Waals surface area contributed by atoms with Crippen LogP contribution >= 0.6 is 11.8 Å². The predicted octanol–water partition coefficient (Wildman–Crippen LogP) is 4.96. The summed E-state index contributed by atoms with van der Waals surface area (Å²) in [6.45, 7) is 4.44. The van der Waals surface area contributed by atoms with Gasteiger partial charge >= 0.3 is 6.09 Å². The number of hydrogen-bond donors (Lipinski definition) is 1. The molecule has 0 atom stereocenters. The van der Waals surface area contributed by atoms with Crippen molar-refractivity contribution in [1.29, 1.82) is 0 Å². The van der Waals surface area contributed by atoms with Crippen molar-refractivity contribution >= 4 is 29.4 Å². The Kier molecular flexibility index (Phi) is 7.69. The molecule has 3 aromatic rings. The third kappa shape index (κ3) is 5.64. The number of anilines is 2. The normalized spacial score (nSPS) is 17.4. The number of rotatable bonds is 6. The molecular weight excluding hydrogens is 476 g/mol. The van der Waals surface area contributed by atoms with Crippen LogP contribution in [0.25, 0.3) is 11.4 Å². The van der Waals surface area contributed by atoms with Crippen LogP contribution < -0.4 is 15.0 Å². The number of benzene rings is 2. The predicted molar refractivity (Wildman–Crippen MR) is 142 cm³/mol. The molecule has 1 N–H and O–H groups in total. The topological polar surface area (TPSA) is 85.8 Å². The maximum atomic E-state index is 12.3. The summed E-state index contributed by atoms with van der Waals surface area (Å²) in [6.07, 6.45) is 3.44. The Morgan fingerprint density at radius 2 is 1.67 bits per heavy atom. The summed E-state index contributed by atoms with van der Waals surface area (Å²) in [5, 5.41) is 2.77. The second-order valence-electron chi connectivity index (χ2n) is 8.75. The van der Waals surface area contributed by atoms with Gasteiger partial charge in [-0.15, -0.1) is 0 Å². The van der Waals surface area contributed by atoms with Crippen LogP contribution in [0.5, 0.6) is 5.75 Å². The minimum Gasteiger partial charge on any atom is -0.410 e. The van der Waals surface area contributed by atoms with Crippen LogP contribution in [0.3, 0.4) is 0 Å². The molecule has 2 aromatic carbocycles. The molecule has 1 aromatic heterocycles. The fraction of sp³-hybridized carbons (Fsp3) is 0.370. The zero-order valence-electron chi connectivity index (χ0n) is 20.3. The standard InChI is InChI=1S/C27H30N4O4S/c1-36-27(11-15-33-16-12-27)23-19-24(31-13-17-34-18-14-31)30-25(29-23)20-7-9-21(10-8-20)28-26(32)35-22-5-3-2-4-6-22/h2-10,19H,11-18H2,1H3,(H,28,32). The van der Waals surface area contributed by atoms with E-state index in [0.717, 1.165) is 56.2 Å². The van der Waals surface area contributed by atoms with Gasteiger partial charge in [-0.2, -0.15) is 11.8 Å². The van der Waals surface area contributed by atoms with E-state index in [9.17, 15) is 4.79 Å². The van der Waals surface area contributed by atoms with E-state index in [4.69, 9.17) is 24.2 Å². The third-order valence-electron chi connectivity index (χ3n) is 6.55. The molecule has 0 spiro atoms. The molecule has 2 aliphatic heterocycles. The summed E-state index contributed by atoms with van der Waals surface area (Å²) in [5.41, 5.74) is 2.56. The molecule has 5 rings (SSSR count). The highest BCUT2D eigenvalue weighted by molar-refractivity contribution is 7.99. The van der Waals surface area contributed by atoms with Gasteiger partial charge in [-0.25, -0.2) is 14.8 Å². The maximum Gasteiger partial charge on any atom is 0.417 e. The third-order valence-corrected chi connectivity index (χ3v) is 7.95. The Morgan fingerprint density at radius 3 is 2.36 bits per heavy atom.